The van der Waals surface area contributed by atoms with Crippen molar-refractivity contribution in [3.05, 3.63) is 0 Å². The van der Waals surface area contributed by atoms with Crippen LogP contribution in [0.1, 0.15) is 111 Å². The van der Waals surface area contributed by atoms with Crippen LogP contribution in [0.15, 0.2) is 0 Å². The number of amides is 2. The Labute approximate surface area is 276 Å². The molecule has 0 saturated heterocycles. The van der Waals surface area contributed by atoms with Gasteiger partial charge in [-0.3, -0.25) is 9.59 Å². The van der Waals surface area contributed by atoms with Gasteiger partial charge in [-0.1, -0.05) is 40.0 Å². The summed E-state index contributed by atoms with van der Waals surface area (Å²) in [5, 5.41) is 15.4. The Morgan fingerprint density at radius 3 is 2.11 bits per heavy atom. The lowest BCUT2D eigenvalue weighted by Crippen LogP contribution is -2.55. The van der Waals surface area contributed by atoms with E-state index in [2.05, 4.69) is 16.1 Å². The molecule has 3 aliphatic rings. The van der Waals surface area contributed by atoms with E-state index in [4.69, 9.17) is 6.42 Å². The molecule has 0 heterocycles. The van der Waals surface area contributed by atoms with Gasteiger partial charge in [0.05, 0.1) is 17.4 Å². The third-order valence-corrected chi connectivity index (χ3v) is 11.9. The molecule has 0 aromatic rings. The molecular formula is C34H58F2N4O5S. The number of hydrogen-bond acceptors (Lipinski definition) is 6. The molecule has 0 aromatic carbocycles. The molecule has 0 spiro atoms. The second-order valence-electron chi connectivity index (χ2n) is 13.9. The third kappa shape index (κ3) is 11.4. The second kappa shape index (κ2) is 18.7. The number of hydrogen-bond donors (Lipinski definition) is 3. The molecule has 46 heavy (non-hydrogen) atoms. The van der Waals surface area contributed by atoms with E-state index in [1.165, 1.54) is 5.01 Å². The van der Waals surface area contributed by atoms with Crippen LogP contribution in [0.3, 0.4) is 0 Å². The van der Waals surface area contributed by atoms with Gasteiger partial charge in [-0.15, -0.1) is 17.2 Å². The second-order valence-corrected chi connectivity index (χ2v) is 15.8. The topological polar surface area (TPSA) is 119 Å². The summed E-state index contributed by atoms with van der Waals surface area (Å²) in [6, 6.07) is -0.875. The van der Waals surface area contributed by atoms with Crippen LogP contribution in [0.5, 0.6) is 0 Å². The first-order valence-corrected chi connectivity index (χ1v) is 19.2. The standard InChI is InChI=1S/C34H58F2N4O5S/c1-5-14-39(15-6-2)34(43)27-17-24(7-3)16-26(21-27)33(42)37-31(20-25-18-28(35)22-29(36)19-25)32(41)23-40(8-4)38-46(44,45)30-12-10-9-11-13-30/h3,24-32,38,41H,5-6,8-23H2,1-2,4H3,(H,37,42). The lowest BCUT2D eigenvalue weighted by molar-refractivity contribution is -0.139. The Balaban J connectivity index is 1.76. The quantitative estimate of drug-likeness (QED) is 0.164. The number of rotatable bonds is 16. The van der Waals surface area contributed by atoms with Gasteiger partial charge in [0.1, 0.15) is 12.3 Å². The molecule has 0 aromatic heterocycles. The van der Waals surface area contributed by atoms with E-state index in [-0.39, 0.29) is 56.5 Å². The highest BCUT2D eigenvalue weighted by Gasteiger charge is 2.40. The van der Waals surface area contributed by atoms with Crippen LogP contribution in [-0.4, -0.2) is 91.2 Å². The van der Waals surface area contributed by atoms with E-state index in [1.54, 1.807) is 6.92 Å². The molecule has 7 unspecified atom stereocenters. The molecular weight excluding hydrogens is 614 g/mol. The summed E-state index contributed by atoms with van der Waals surface area (Å²) in [6.45, 7) is 7.25. The van der Waals surface area contributed by atoms with Gasteiger partial charge in [-0.05, 0) is 70.1 Å². The number of sulfonamides is 1. The number of aliphatic hydroxyl groups excluding tert-OH is 1. The maximum absolute atomic E-state index is 14.4. The van der Waals surface area contributed by atoms with Crippen LogP contribution in [-0.2, 0) is 19.6 Å². The SMILES string of the molecule is C#CC1CC(C(=O)NC(CC2CC(F)CC(F)C2)C(O)CN(CC)NS(=O)(=O)C2CCCCC2)CC(C(=O)N(CCC)CCC)C1. The molecule has 3 saturated carbocycles. The Morgan fingerprint density at radius 1 is 0.935 bits per heavy atom. The van der Waals surface area contributed by atoms with Crippen molar-refractivity contribution in [1.82, 2.24) is 20.1 Å². The molecule has 0 radical (unpaired) electrons. The highest BCUT2D eigenvalue weighted by atomic mass is 32.2. The summed E-state index contributed by atoms with van der Waals surface area (Å²) < 4.78 is 55.0. The number of carbonyl (C=O) groups is 2. The molecule has 3 rings (SSSR count). The van der Waals surface area contributed by atoms with Gasteiger partial charge in [-0.2, -0.15) is 0 Å². The monoisotopic (exact) mass is 672 g/mol. The van der Waals surface area contributed by atoms with E-state index in [1.807, 2.05) is 18.7 Å². The number of nitrogens with one attached hydrogen (secondary N) is 2. The molecule has 3 N–H and O–H groups in total. The highest BCUT2D eigenvalue weighted by Crippen LogP contribution is 2.36. The smallest absolute Gasteiger partial charge is 0.227 e. The number of terminal acetylenes is 1. The zero-order valence-electron chi connectivity index (χ0n) is 28.1. The zero-order chi connectivity index (χ0) is 33.9. The Morgan fingerprint density at radius 2 is 1.54 bits per heavy atom. The van der Waals surface area contributed by atoms with Gasteiger partial charge in [0.2, 0.25) is 21.8 Å². The van der Waals surface area contributed by atoms with Crippen molar-refractivity contribution >= 4 is 21.8 Å². The van der Waals surface area contributed by atoms with Gasteiger partial charge in [0.25, 0.3) is 0 Å². The maximum Gasteiger partial charge on any atom is 0.227 e. The van der Waals surface area contributed by atoms with Gasteiger partial charge in [0.15, 0.2) is 0 Å². The van der Waals surface area contributed by atoms with Crippen molar-refractivity contribution in [1.29, 1.82) is 0 Å². The molecule has 9 nitrogen and oxygen atoms in total. The predicted octanol–water partition coefficient (Wildman–Crippen LogP) is 4.50. The minimum atomic E-state index is -3.66. The van der Waals surface area contributed by atoms with Gasteiger partial charge < -0.3 is 15.3 Å². The first kappa shape index (κ1) is 38.6. The Hall–Kier alpha value is -1.81. The van der Waals surface area contributed by atoms with Crippen LogP contribution in [0, 0.1) is 36.0 Å². The van der Waals surface area contributed by atoms with E-state index in [9.17, 15) is 31.9 Å². The molecule has 12 heteroatoms. The van der Waals surface area contributed by atoms with Crippen LogP contribution in [0.4, 0.5) is 8.78 Å². The van der Waals surface area contributed by atoms with Crippen molar-refractivity contribution in [2.45, 2.75) is 140 Å². The zero-order valence-corrected chi connectivity index (χ0v) is 29.0. The number of halogens is 2. The summed E-state index contributed by atoms with van der Waals surface area (Å²) in [5.41, 5.74) is 0. The first-order chi connectivity index (χ1) is 21.9. The Kier molecular flexibility index (Phi) is 15.7. The summed E-state index contributed by atoms with van der Waals surface area (Å²) in [4.78, 5) is 31.8. The predicted molar refractivity (Wildman–Crippen MR) is 176 cm³/mol. The number of hydrazine groups is 1. The normalized spacial score (nSPS) is 29.1. The Bertz CT molecular complexity index is 1100. The van der Waals surface area contributed by atoms with Crippen molar-refractivity contribution in [3.63, 3.8) is 0 Å². The first-order valence-electron chi connectivity index (χ1n) is 17.7. The number of likely N-dealkylation sites (N-methyl/N-ethyl adjacent to an activating group) is 1. The lowest BCUT2D eigenvalue weighted by atomic mass is 9.74. The fraction of sp³-hybridized carbons (Fsp3) is 0.882. The van der Waals surface area contributed by atoms with Crippen LogP contribution >= 0.6 is 0 Å². The fourth-order valence-corrected chi connectivity index (χ4v) is 9.34. The van der Waals surface area contributed by atoms with Gasteiger partial charge in [-0.25, -0.2) is 22.2 Å². The number of alkyl halides is 2. The molecule has 3 aliphatic carbocycles. The summed E-state index contributed by atoms with van der Waals surface area (Å²) in [5.74, 6) is 0.796. The fourth-order valence-electron chi connectivity index (χ4n) is 7.67. The van der Waals surface area contributed by atoms with E-state index < -0.39 is 57.5 Å². The van der Waals surface area contributed by atoms with Crippen molar-refractivity contribution in [2.24, 2.45) is 23.7 Å². The largest absolute Gasteiger partial charge is 0.390 e. The van der Waals surface area contributed by atoms with Crippen LogP contribution < -0.4 is 10.1 Å². The highest BCUT2D eigenvalue weighted by molar-refractivity contribution is 7.90. The minimum absolute atomic E-state index is 0.00653. The average molecular weight is 673 g/mol. The molecule has 7 atom stereocenters. The van der Waals surface area contributed by atoms with Crippen LogP contribution in [0.2, 0.25) is 0 Å². The van der Waals surface area contributed by atoms with E-state index in [0.29, 0.717) is 45.2 Å². The van der Waals surface area contributed by atoms with Crippen molar-refractivity contribution in [2.75, 3.05) is 26.2 Å². The number of aliphatic hydroxyl groups is 1. The molecule has 0 aliphatic heterocycles. The maximum atomic E-state index is 14.4. The van der Waals surface area contributed by atoms with Crippen molar-refractivity contribution in [3.8, 4) is 12.3 Å². The minimum Gasteiger partial charge on any atom is -0.390 e. The molecule has 2 amide bonds. The summed E-state index contributed by atoms with van der Waals surface area (Å²) in [7, 11) is -3.66. The van der Waals surface area contributed by atoms with E-state index in [0.717, 1.165) is 32.1 Å². The number of nitrogens with zero attached hydrogens (tertiary/aromatic N) is 2. The average Bonchev–Trinajstić information content (AvgIpc) is 3.03. The molecule has 3 fully saturated rings. The summed E-state index contributed by atoms with van der Waals surface area (Å²) >= 11 is 0. The molecule has 264 valence electrons. The van der Waals surface area contributed by atoms with E-state index >= 15 is 0 Å². The van der Waals surface area contributed by atoms with Gasteiger partial charge in [0, 0.05) is 50.4 Å². The lowest BCUT2D eigenvalue weighted by Gasteiger charge is -2.37. The van der Waals surface area contributed by atoms with Crippen molar-refractivity contribution < 1.29 is 31.9 Å². The van der Waals surface area contributed by atoms with Gasteiger partial charge >= 0.3 is 0 Å². The number of carbonyl (C=O) groups excluding carboxylic acids is 2. The molecule has 0 bridgehead atoms. The van der Waals surface area contributed by atoms with Crippen LogP contribution in [0.25, 0.3) is 0 Å². The third-order valence-electron chi connectivity index (χ3n) is 10.1. The summed E-state index contributed by atoms with van der Waals surface area (Å²) in [6.07, 6.45) is 9.06.